The van der Waals surface area contributed by atoms with Gasteiger partial charge in [-0.2, -0.15) is 0 Å². The summed E-state index contributed by atoms with van der Waals surface area (Å²) in [6, 6.07) is 15.1. The van der Waals surface area contributed by atoms with Crippen LogP contribution in [0, 0.1) is 0 Å². The summed E-state index contributed by atoms with van der Waals surface area (Å²) in [4.78, 5) is 26.6. The van der Waals surface area contributed by atoms with Crippen LogP contribution in [-0.4, -0.2) is 42.3 Å². The monoisotopic (exact) mass is 439 g/mol. The molecule has 5 nitrogen and oxygen atoms in total. The van der Waals surface area contributed by atoms with E-state index in [9.17, 15) is 9.59 Å². The molecule has 0 saturated heterocycles. The first-order chi connectivity index (χ1) is 14.9. The Bertz CT molecular complexity index is 861. The number of amides is 1. The van der Waals surface area contributed by atoms with E-state index < -0.39 is 0 Å². The molecule has 2 aromatic rings. The number of anilines is 1. The SMILES string of the molecule is CCCc1ccc(C(=O)NC(=S)Nc2ccc(CC(=O)CCCCN(C)C)cc2)cc1. The maximum Gasteiger partial charge on any atom is 0.257 e. The molecule has 0 aliphatic carbocycles. The first kappa shape index (κ1) is 24.7. The maximum absolute atomic E-state index is 12.4. The minimum Gasteiger partial charge on any atom is -0.332 e. The second-order valence-corrected chi connectivity index (χ2v) is 8.44. The molecule has 0 bridgehead atoms. The van der Waals surface area contributed by atoms with Crippen LogP contribution in [0.15, 0.2) is 48.5 Å². The van der Waals surface area contributed by atoms with Gasteiger partial charge in [0.1, 0.15) is 5.78 Å². The highest BCUT2D eigenvalue weighted by molar-refractivity contribution is 7.80. The number of aryl methyl sites for hydroxylation is 1. The standard InChI is InChI=1S/C25H33N3O2S/c1-4-7-19-9-13-21(14-10-19)24(30)27-25(31)26-22-15-11-20(12-16-22)18-23(29)8-5-6-17-28(2)3/h9-16H,4-8,17-18H2,1-3H3,(H2,26,27,30,31). The fourth-order valence-corrected chi connectivity index (χ4v) is 3.43. The lowest BCUT2D eigenvalue weighted by atomic mass is 10.0. The van der Waals surface area contributed by atoms with Gasteiger partial charge in [0.25, 0.3) is 5.91 Å². The number of rotatable bonds is 11. The summed E-state index contributed by atoms with van der Waals surface area (Å²) in [7, 11) is 4.08. The van der Waals surface area contributed by atoms with Crippen molar-refractivity contribution in [3.05, 3.63) is 65.2 Å². The number of nitrogens with zero attached hydrogens (tertiary/aromatic N) is 1. The second-order valence-electron chi connectivity index (χ2n) is 8.03. The third-order valence-corrected chi connectivity index (χ3v) is 5.11. The Balaban J connectivity index is 1.77. The Morgan fingerprint density at radius 2 is 1.58 bits per heavy atom. The fraction of sp³-hybridized carbons (Fsp3) is 0.400. The molecule has 31 heavy (non-hydrogen) atoms. The van der Waals surface area contributed by atoms with Gasteiger partial charge in [-0.05, 0) is 87.5 Å². The smallest absolute Gasteiger partial charge is 0.257 e. The van der Waals surface area contributed by atoms with Gasteiger partial charge in [-0.3, -0.25) is 14.9 Å². The van der Waals surface area contributed by atoms with Crippen molar-refractivity contribution < 1.29 is 9.59 Å². The molecular weight excluding hydrogens is 406 g/mol. The van der Waals surface area contributed by atoms with Crippen LogP contribution in [0.3, 0.4) is 0 Å². The van der Waals surface area contributed by atoms with Crippen LogP contribution in [-0.2, 0) is 17.6 Å². The summed E-state index contributed by atoms with van der Waals surface area (Å²) in [5, 5.41) is 5.96. The Morgan fingerprint density at radius 3 is 2.19 bits per heavy atom. The van der Waals surface area contributed by atoms with Crippen molar-refractivity contribution in [2.45, 2.75) is 45.4 Å². The zero-order valence-corrected chi connectivity index (χ0v) is 19.6. The Kier molecular flexibility index (Phi) is 10.3. The molecule has 0 fully saturated rings. The Labute approximate surface area is 191 Å². The number of hydrogen-bond donors (Lipinski definition) is 2. The highest BCUT2D eigenvalue weighted by atomic mass is 32.1. The molecule has 0 aromatic heterocycles. The predicted octanol–water partition coefficient (Wildman–Crippen LogP) is 4.61. The largest absolute Gasteiger partial charge is 0.332 e. The lowest BCUT2D eigenvalue weighted by molar-refractivity contribution is -0.118. The van der Waals surface area contributed by atoms with Gasteiger partial charge in [0, 0.05) is 24.1 Å². The van der Waals surface area contributed by atoms with E-state index in [0.717, 1.165) is 43.5 Å². The van der Waals surface area contributed by atoms with E-state index in [1.54, 1.807) is 0 Å². The highest BCUT2D eigenvalue weighted by Crippen LogP contribution is 2.12. The van der Waals surface area contributed by atoms with Crippen LogP contribution in [0.5, 0.6) is 0 Å². The van der Waals surface area contributed by atoms with E-state index in [0.29, 0.717) is 18.4 Å². The molecule has 0 spiro atoms. The van der Waals surface area contributed by atoms with Gasteiger partial charge in [0.15, 0.2) is 5.11 Å². The number of Topliss-reactive ketones (excluding diaryl/α,β-unsaturated/α-hetero) is 1. The maximum atomic E-state index is 12.4. The Hall–Kier alpha value is -2.57. The third-order valence-electron chi connectivity index (χ3n) is 4.91. The minimum atomic E-state index is -0.239. The van der Waals surface area contributed by atoms with E-state index in [2.05, 4.69) is 22.5 Å². The summed E-state index contributed by atoms with van der Waals surface area (Å²) in [5.74, 6) is 0.0178. The van der Waals surface area contributed by atoms with Crippen molar-refractivity contribution in [3.8, 4) is 0 Å². The molecule has 2 N–H and O–H groups in total. The van der Waals surface area contributed by atoms with Crippen LogP contribution in [0.1, 0.15) is 54.1 Å². The summed E-state index contributed by atoms with van der Waals surface area (Å²) in [6.45, 7) is 3.14. The number of ketones is 1. The molecule has 6 heteroatoms. The van der Waals surface area contributed by atoms with Gasteiger partial charge in [0.05, 0.1) is 0 Å². The van der Waals surface area contributed by atoms with E-state index >= 15 is 0 Å². The number of unbranched alkanes of at least 4 members (excludes halogenated alkanes) is 1. The molecule has 0 unspecified atom stereocenters. The molecule has 0 aliphatic rings. The van der Waals surface area contributed by atoms with Crippen molar-refractivity contribution in [1.82, 2.24) is 10.2 Å². The first-order valence-corrected chi connectivity index (χ1v) is 11.2. The second kappa shape index (κ2) is 13.0. The predicted molar refractivity (Wildman–Crippen MR) is 132 cm³/mol. The van der Waals surface area contributed by atoms with Crippen molar-refractivity contribution in [1.29, 1.82) is 0 Å². The van der Waals surface area contributed by atoms with Crippen molar-refractivity contribution in [3.63, 3.8) is 0 Å². The summed E-state index contributed by atoms with van der Waals surface area (Å²) in [5.41, 5.74) is 3.53. The lowest BCUT2D eigenvalue weighted by Crippen LogP contribution is -2.34. The van der Waals surface area contributed by atoms with Crippen LogP contribution in [0.4, 0.5) is 5.69 Å². The highest BCUT2D eigenvalue weighted by Gasteiger charge is 2.09. The van der Waals surface area contributed by atoms with Crippen LogP contribution in [0.2, 0.25) is 0 Å². The average molecular weight is 440 g/mol. The van der Waals surface area contributed by atoms with Gasteiger partial charge in [-0.15, -0.1) is 0 Å². The molecule has 1 amide bonds. The molecule has 0 aliphatic heterocycles. The summed E-state index contributed by atoms with van der Waals surface area (Å²) >= 11 is 5.26. The van der Waals surface area contributed by atoms with E-state index in [4.69, 9.17) is 12.2 Å². The van der Waals surface area contributed by atoms with E-state index in [-0.39, 0.29) is 16.8 Å². The fourth-order valence-electron chi connectivity index (χ4n) is 3.22. The van der Waals surface area contributed by atoms with E-state index in [1.807, 2.05) is 62.6 Å². The molecule has 0 saturated carbocycles. The molecular formula is C25H33N3O2S. The summed E-state index contributed by atoms with van der Waals surface area (Å²) in [6.07, 6.45) is 5.09. The Morgan fingerprint density at radius 1 is 0.935 bits per heavy atom. The van der Waals surface area contributed by atoms with E-state index in [1.165, 1.54) is 5.56 Å². The summed E-state index contributed by atoms with van der Waals surface area (Å²) < 4.78 is 0. The number of carbonyl (C=O) groups excluding carboxylic acids is 2. The molecule has 166 valence electrons. The van der Waals surface area contributed by atoms with Gasteiger partial charge < -0.3 is 10.2 Å². The number of hydrogen-bond acceptors (Lipinski definition) is 4. The number of carbonyl (C=O) groups is 2. The van der Waals surface area contributed by atoms with Crippen molar-refractivity contribution >= 4 is 34.7 Å². The molecule has 0 heterocycles. The number of thiocarbonyl (C=S) groups is 1. The zero-order valence-electron chi connectivity index (χ0n) is 18.7. The topological polar surface area (TPSA) is 61.4 Å². The van der Waals surface area contributed by atoms with Crippen molar-refractivity contribution in [2.75, 3.05) is 26.0 Å². The van der Waals surface area contributed by atoms with Gasteiger partial charge >= 0.3 is 0 Å². The molecule has 0 atom stereocenters. The van der Waals surface area contributed by atoms with Crippen LogP contribution in [0.25, 0.3) is 0 Å². The molecule has 2 aromatic carbocycles. The molecule has 0 radical (unpaired) electrons. The average Bonchev–Trinajstić information content (AvgIpc) is 2.73. The minimum absolute atomic E-state index is 0.239. The normalized spacial score (nSPS) is 10.7. The quantitative estimate of drug-likeness (QED) is 0.395. The number of nitrogens with one attached hydrogen (secondary N) is 2. The van der Waals surface area contributed by atoms with Crippen LogP contribution < -0.4 is 10.6 Å². The van der Waals surface area contributed by atoms with Crippen LogP contribution >= 0.6 is 12.2 Å². The van der Waals surface area contributed by atoms with Gasteiger partial charge in [-0.25, -0.2) is 0 Å². The molecule has 2 rings (SSSR count). The van der Waals surface area contributed by atoms with Gasteiger partial charge in [0.2, 0.25) is 0 Å². The van der Waals surface area contributed by atoms with Crippen molar-refractivity contribution in [2.24, 2.45) is 0 Å². The lowest BCUT2D eigenvalue weighted by Gasteiger charge is -2.11. The number of benzene rings is 2. The van der Waals surface area contributed by atoms with Gasteiger partial charge in [-0.1, -0.05) is 37.6 Å². The third kappa shape index (κ3) is 9.40. The zero-order chi connectivity index (χ0) is 22.6. The first-order valence-electron chi connectivity index (χ1n) is 10.8.